The van der Waals surface area contributed by atoms with Crippen LogP contribution in [0.25, 0.3) is 0 Å². The lowest BCUT2D eigenvalue weighted by atomic mass is 9.89. The molecule has 2 aromatic rings. The van der Waals surface area contributed by atoms with Gasteiger partial charge in [0.05, 0.1) is 27.2 Å². The van der Waals surface area contributed by atoms with Crippen molar-refractivity contribution >= 4 is 21.7 Å². The van der Waals surface area contributed by atoms with E-state index in [2.05, 4.69) is 10.4 Å². The lowest BCUT2D eigenvalue weighted by Gasteiger charge is -2.41. The van der Waals surface area contributed by atoms with Gasteiger partial charge < -0.3 is 21.1 Å². The third kappa shape index (κ3) is 4.95. The first-order valence-corrected chi connectivity index (χ1v) is 14.4. The van der Waals surface area contributed by atoms with Gasteiger partial charge in [0.2, 0.25) is 0 Å². The maximum Gasteiger partial charge on any atom is 0.272 e. The van der Waals surface area contributed by atoms with Gasteiger partial charge in [-0.1, -0.05) is 12.1 Å². The number of nitriles is 1. The molecule has 210 valence electrons. The molecular weight excluding hydrogens is 520 g/mol. The van der Waals surface area contributed by atoms with Crippen LogP contribution >= 0.6 is 0 Å². The zero-order valence-electron chi connectivity index (χ0n) is 23.0. The number of carbonyl (C=O) groups excluding carboxylic acids is 2. The van der Waals surface area contributed by atoms with E-state index in [-0.39, 0.29) is 36.9 Å². The molecular formula is C27H36N6O5S. The summed E-state index contributed by atoms with van der Waals surface area (Å²) < 4.78 is 26.3. The van der Waals surface area contributed by atoms with E-state index in [1.807, 2.05) is 6.07 Å². The summed E-state index contributed by atoms with van der Waals surface area (Å²) in [7, 11) is -2.31. The summed E-state index contributed by atoms with van der Waals surface area (Å²) in [5, 5.41) is 26.9. The fraction of sp³-hybridized carbons (Fsp3) is 0.556. The lowest BCUT2D eigenvalue weighted by Crippen LogP contribution is -2.62. The maximum absolute atomic E-state index is 13.8. The van der Waals surface area contributed by atoms with Crippen molar-refractivity contribution < 1.29 is 23.1 Å². The number of fused-ring (bicyclic) bond motifs is 1. The molecule has 2 heterocycles. The Kier molecular flexibility index (Phi) is 7.17. The molecule has 1 aliphatic heterocycles. The van der Waals surface area contributed by atoms with Gasteiger partial charge in [0.15, 0.2) is 15.5 Å². The molecule has 1 aliphatic carbocycles. The van der Waals surface area contributed by atoms with Crippen LogP contribution in [-0.2, 0) is 29.9 Å². The minimum Gasteiger partial charge on any atom is -0.390 e. The predicted octanol–water partition coefficient (Wildman–Crippen LogP) is 1.04. The molecule has 1 aromatic carbocycles. The largest absolute Gasteiger partial charge is 0.390 e. The molecule has 39 heavy (non-hydrogen) atoms. The van der Waals surface area contributed by atoms with E-state index in [1.54, 1.807) is 45.2 Å². The molecule has 0 radical (unpaired) electrons. The number of nitrogens with zero attached hydrogens (tertiary/aromatic N) is 4. The summed E-state index contributed by atoms with van der Waals surface area (Å²) in [4.78, 5) is 28.0. The highest BCUT2D eigenvalue weighted by molar-refractivity contribution is 7.94. The average molecular weight is 557 g/mol. The number of nitrogens with one attached hydrogen (secondary N) is 1. The smallest absolute Gasteiger partial charge is 0.272 e. The van der Waals surface area contributed by atoms with Crippen LogP contribution in [0, 0.1) is 11.3 Å². The number of benzene rings is 1. The highest BCUT2D eigenvalue weighted by atomic mass is 32.2. The van der Waals surface area contributed by atoms with Gasteiger partial charge in [-0.2, -0.15) is 10.4 Å². The quantitative estimate of drug-likeness (QED) is 0.411. The van der Waals surface area contributed by atoms with E-state index in [0.29, 0.717) is 30.4 Å². The second kappa shape index (κ2) is 9.73. The van der Waals surface area contributed by atoms with Crippen LogP contribution < -0.4 is 11.1 Å². The first-order chi connectivity index (χ1) is 18.1. The van der Waals surface area contributed by atoms with E-state index < -0.39 is 36.9 Å². The molecule has 11 nitrogen and oxygen atoms in total. The number of nitrogens with two attached hydrogens (primary N) is 1. The monoisotopic (exact) mass is 556 g/mol. The Labute approximate surface area is 228 Å². The number of rotatable bonds is 9. The van der Waals surface area contributed by atoms with E-state index in [4.69, 9.17) is 11.0 Å². The summed E-state index contributed by atoms with van der Waals surface area (Å²) in [6, 6.07) is 8.90. The zero-order chi connectivity index (χ0) is 29.0. The molecule has 4 rings (SSSR count). The summed E-state index contributed by atoms with van der Waals surface area (Å²) in [5.41, 5.74) is 7.23. The number of aryl methyl sites for hydroxylation is 1. The Hall–Kier alpha value is -3.27. The fourth-order valence-corrected chi connectivity index (χ4v) is 8.15. The second-order valence-corrected chi connectivity index (χ2v) is 14.7. The van der Waals surface area contributed by atoms with Crippen molar-refractivity contribution in [3.8, 4) is 6.07 Å². The van der Waals surface area contributed by atoms with E-state index >= 15 is 0 Å². The minimum absolute atomic E-state index is 0.000158. The zero-order valence-corrected chi connectivity index (χ0v) is 23.8. The Morgan fingerprint density at radius 1 is 1.26 bits per heavy atom. The van der Waals surface area contributed by atoms with Crippen LogP contribution in [0.4, 0.5) is 0 Å². The van der Waals surface area contributed by atoms with Crippen molar-refractivity contribution in [3.63, 3.8) is 0 Å². The van der Waals surface area contributed by atoms with E-state index in [9.17, 15) is 23.1 Å². The van der Waals surface area contributed by atoms with Crippen LogP contribution in [0.1, 0.15) is 78.2 Å². The molecule has 1 unspecified atom stereocenters. The van der Waals surface area contributed by atoms with Crippen molar-refractivity contribution in [1.82, 2.24) is 20.0 Å². The topological polar surface area (TPSA) is 171 Å². The molecule has 2 amide bonds. The molecule has 0 saturated heterocycles. The SMILES string of the molecule is Cn1nc(C(=O)NCc2ccc(C#N)cc2)c2c1C(=O)N(CC1(S(=O)(=O)C(C)(C)C(O)C(C)(C)N)CC1)CC2. The molecule has 12 heteroatoms. The summed E-state index contributed by atoms with van der Waals surface area (Å²) in [6.45, 7) is 6.63. The molecule has 0 bridgehead atoms. The molecule has 1 atom stereocenters. The number of hydrogen-bond acceptors (Lipinski definition) is 8. The van der Waals surface area contributed by atoms with Gasteiger partial charge in [0.25, 0.3) is 11.8 Å². The molecule has 0 spiro atoms. The van der Waals surface area contributed by atoms with Crippen molar-refractivity contribution in [1.29, 1.82) is 5.26 Å². The Morgan fingerprint density at radius 2 is 1.87 bits per heavy atom. The predicted molar refractivity (Wildman–Crippen MR) is 144 cm³/mol. The molecule has 4 N–H and O–H groups in total. The third-order valence-electron chi connectivity index (χ3n) is 7.93. The molecule has 1 aromatic heterocycles. The van der Waals surface area contributed by atoms with Gasteiger partial charge in [0.1, 0.15) is 5.69 Å². The summed E-state index contributed by atoms with van der Waals surface area (Å²) in [6.07, 6.45) is -0.172. The van der Waals surface area contributed by atoms with Crippen molar-refractivity contribution in [2.75, 3.05) is 13.1 Å². The molecule has 1 saturated carbocycles. The van der Waals surface area contributed by atoms with Crippen LogP contribution in [0.3, 0.4) is 0 Å². The molecule has 2 aliphatic rings. The van der Waals surface area contributed by atoms with Gasteiger partial charge in [0, 0.05) is 37.8 Å². The third-order valence-corrected chi connectivity index (χ3v) is 11.2. The lowest BCUT2D eigenvalue weighted by molar-refractivity contribution is 0.0694. The van der Waals surface area contributed by atoms with Gasteiger partial charge in [-0.05, 0) is 64.7 Å². The maximum atomic E-state index is 13.8. The number of amides is 2. The van der Waals surface area contributed by atoms with Crippen molar-refractivity contribution in [2.45, 2.75) is 74.6 Å². The number of sulfone groups is 1. The fourth-order valence-electron chi connectivity index (χ4n) is 5.47. The first-order valence-electron chi connectivity index (χ1n) is 12.9. The number of hydrogen-bond donors (Lipinski definition) is 3. The van der Waals surface area contributed by atoms with Crippen LogP contribution in [0.5, 0.6) is 0 Å². The Morgan fingerprint density at radius 3 is 2.41 bits per heavy atom. The summed E-state index contributed by atoms with van der Waals surface area (Å²) in [5.74, 6) is -0.796. The van der Waals surface area contributed by atoms with Gasteiger partial charge in [-0.15, -0.1) is 0 Å². The minimum atomic E-state index is -3.89. The van der Waals surface area contributed by atoms with E-state index in [0.717, 1.165) is 5.56 Å². The van der Waals surface area contributed by atoms with Crippen LogP contribution in [-0.4, -0.2) is 74.2 Å². The van der Waals surface area contributed by atoms with Crippen LogP contribution in [0.15, 0.2) is 24.3 Å². The number of carbonyl (C=O) groups is 2. The highest BCUT2D eigenvalue weighted by Gasteiger charge is 2.63. The number of aliphatic hydroxyl groups excluding tert-OH is 1. The standard InChI is InChI=1S/C27H36N6O5S/c1-25(2,29)24(36)26(3,4)39(37,38)27(11-12-27)16-33-13-10-19-20(31-32(5)21(19)23(33)35)22(34)30-15-18-8-6-17(14-28)7-9-18/h6-9,24,36H,10-13,15-16,29H2,1-5H3,(H,30,34). The average Bonchev–Trinajstić information content (AvgIpc) is 3.59. The van der Waals surface area contributed by atoms with Gasteiger partial charge >= 0.3 is 0 Å². The van der Waals surface area contributed by atoms with Crippen molar-refractivity contribution in [3.05, 3.63) is 52.3 Å². The first kappa shape index (κ1) is 28.7. The second-order valence-electron chi connectivity index (χ2n) is 11.8. The van der Waals surface area contributed by atoms with Crippen LogP contribution in [0.2, 0.25) is 0 Å². The van der Waals surface area contributed by atoms with Gasteiger partial charge in [-0.25, -0.2) is 8.42 Å². The highest BCUT2D eigenvalue weighted by Crippen LogP contribution is 2.50. The number of aromatic nitrogens is 2. The Bertz CT molecular complexity index is 1440. The normalized spacial score (nSPS) is 17.8. The molecule has 1 fully saturated rings. The van der Waals surface area contributed by atoms with Crippen molar-refractivity contribution in [2.24, 2.45) is 12.8 Å². The Balaban J connectivity index is 1.51. The van der Waals surface area contributed by atoms with E-state index in [1.165, 1.54) is 23.4 Å². The number of aliphatic hydroxyl groups is 1. The van der Waals surface area contributed by atoms with Gasteiger partial charge in [-0.3, -0.25) is 14.3 Å². The summed E-state index contributed by atoms with van der Waals surface area (Å²) >= 11 is 0.